The summed E-state index contributed by atoms with van der Waals surface area (Å²) in [5.74, 6) is 0.476. The van der Waals surface area contributed by atoms with E-state index in [1.165, 1.54) is 0 Å². The molecule has 0 fully saturated rings. The van der Waals surface area contributed by atoms with Crippen molar-refractivity contribution in [2.45, 2.75) is 12.8 Å². The number of nitriles is 1. The second-order valence-electron chi connectivity index (χ2n) is 3.76. The summed E-state index contributed by atoms with van der Waals surface area (Å²) in [6, 6.07) is 7.67. The van der Waals surface area contributed by atoms with E-state index < -0.39 is 0 Å². The number of halogens is 1. The minimum absolute atomic E-state index is 0.262. The Morgan fingerprint density at radius 3 is 2.88 bits per heavy atom. The van der Waals surface area contributed by atoms with Crippen LogP contribution in [0.15, 0.2) is 24.4 Å². The van der Waals surface area contributed by atoms with Gasteiger partial charge >= 0.3 is 0 Å². The van der Waals surface area contributed by atoms with E-state index in [0.717, 1.165) is 22.2 Å². The number of rotatable bonds is 2. The molecule has 3 nitrogen and oxygen atoms in total. The second-order valence-corrected chi connectivity index (χ2v) is 4.14. The fourth-order valence-corrected chi connectivity index (χ4v) is 2.03. The van der Waals surface area contributed by atoms with Gasteiger partial charge in [-0.05, 0) is 19.1 Å². The fourth-order valence-electron chi connectivity index (χ4n) is 1.65. The Morgan fingerprint density at radius 1 is 1.47 bits per heavy atom. The first-order chi connectivity index (χ1) is 8.17. The van der Waals surface area contributed by atoms with Crippen LogP contribution in [-0.4, -0.2) is 12.1 Å². The molecule has 0 radical (unpaired) electrons. The van der Waals surface area contributed by atoms with Crippen molar-refractivity contribution in [1.29, 1.82) is 5.26 Å². The van der Waals surface area contributed by atoms with Gasteiger partial charge in [-0.1, -0.05) is 11.6 Å². The quantitative estimate of drug-likeness (QED) is 0.814. The Hall–Kier alpha value is -1.79. The van der Waals surface area contributed by atoms with Crippen molar-refractivity contribution in [3.63, 3.8) is 0 Å². The molecule has 0 saturated heterocycles. The van der Waals surface area contributed by atoms with Crippen LogP contribution < -0.4 is 4.74 Å². The summed E-state index contributed by atoms with van der Waals surface area (Å²) in [6.45, 7) is 1.80. The predicted molar refractivity (Wildman–Crippen MR) is 67.3 cm³/mol. The van der Waals surface area contributed by atoms with E-state index in [9.17, 15) is 0 Å². The van der Waals surface area contributed by atoms with E-state index in [4.69, 9.17) is 21.6 Å². The number of nitrogens with zero attached hydrogens (tertiary/aromatic N) is 2. The van der Waals surface area contributed by atoms with Crippen LogP contribution >= 0.6 is 11.6 Å². The maximum absolute atomic E-state index is 8.91. The van der Waals surface area contributed by atoms with Gasteiger partial charge in [-0.3, -0.25) is 4.98 Å². The molecule has 86 valence electrons. The zero-order valence-electron chi connectivity index (χ0n) is 9.57. The predicted octanol–water partition coefficient (Wildman–Crippen LogP) is 3.52. The van der Waals surface area contributed by atoms with Crippen molar-refractivity contribution < 1.29 is 4.74 Å². The number of benzene rings is 1. The highest BCUT2D eigenvalue weighted by Crippen LogP contribution is 2.31. The smallest absolute Gasteiger partial charge is 0.121 e. The Kier molecular flexibility index (Phi) is 3.16. The minimum atomic E-state index is -0.262. The number of methoxy groups -OCH3 is 1. The lowest BCUT2D eigenvalue weighted by atomic mass is 10.0. The van der Waals surface area contributed by atoms with E-state index in [1.807, 2.05) is 18.2 Å². The largest absolute Gasteiger partial charge is 0.497 e. The summed E-state index contributed by atoms with van der Waals surface area (Å²) >= 11 is 6.28. The van der Waals surface area contributed by atoms with E-state index in [1.54, 1.807) is 20.2 Å². The van der Waals surface area contributed by atoms with Crippen LogP contribution in [-0.2, 0) is 0 Å². The summed E-state index contributed by atoms with van der Waals surface area (Å²) in [5, 5.41) is 10.3. The number of fused-ring (bicyclic) bond motifs is 1. The first-order valence-electron chi connectivity index (χ1n) is 5.19. The lowest BCUT2D eigenvalue weighted by Gasteiger charge is -2.09. The molecule has 0 bridgehead atoms. The topological polar surface area (TPSA) is 45.9 Å². The van der Waals surface area contributed by atoms with Crippen LogP contribution in [0.4, 0.5) is 0 Å². The Balaban J connectivity index is 2.65. The standard InChI is InChI=1S/C13H11ClN2O/c1-8(6-15)11-7-16-12-5-9(17-2)3-4-10(12)13(11)14/h3-5,7-8H,1-2H3. The Labute approximate surface area is 105 Å². The summed E-state index contributed by atoms with van der Waals surface area (Å²) in [4.78, 5) is 4.30. The Bertz CT molecular complexity index is 604. The van der Waals surface area contributed by atoms with Gasteiger partial charge in [0.1, 0.15) is 5.75 Å². The first-order valence-corrected chi connectivity index (χ1v) is 5.57. The molecule has 0 saturated carbocycles. The van der Waals surface area contributed by atoms with Crippen LogP contribution in [0, 0.1) is 11.3 Å². The molecule has 0 N–H and O–H groups in total. The van der Waals surface area contributed by atoms with Gasteiger partial charge in [-0.25, -0.2) is 0 Å². The van der Waals surface area contributed by atoms with Gasteiger partial charge in [0.25, 0.3) is 0 Å². The molecule has 1 aromatic heterocycles. The molecule has 2 rings (SSSR count). The molecule has 0 amide bonds. The normalized spacial score (nSPS) is 12.1. The van der Waals surface area contributed by atoms with Crippen LogP contribution in [0.2, 0.25) is 5.02 Å². The van der Waals surface area contributed by atoms with Crippen molar-refractivity contribution >= 4 is 22.5 Å². The van der Waals surface area contributed by atoms with E-state index >= 15 is 0 Å². The lowest BCUT2D eigenvalue weighted by molar-refractivity contribution is 0.415. The number of pyridine rings is 1. The summed E-state index contributed by atoms with van der Waals surface area (Å²) in [7, 11) is 1.61. The molecular weight excluding hydrogens is 236 g/mol. The third-order valence-electron chi connectivity index (χ3n) is 2.70. The molecule has 17 heavy (non-hydrogen) atoms. The van der Waals surface area contributed by atoms with Crippen LogP contribution in [0.3, 0.4) is 0 Å². The summed E-state index contributed by atoms with van der Waals surface area (Å²) < 4.78 is 5.13. The number of ether oxygens (including phenoxy) is 1. The highest BCUT2D eigenvalue weighted by atomic mass is 35.5. The second kappa shape index (κ2) is 4.60. The molecule has 0 aliphatic heterocycles. The Morgan fingerprint density at radius 2 is 2.24 bits per heavy atom. The monoisotopic (exact) mass is 246 g/mol. The van der Waals surface area contributed by atoms with Crippen molar-refractivity contribution in [2.75, 3.05) is 7.11 Å². The van der Waals surface area contributed by atoms with Crippen LogP contribution in [0.1, 0.15) is 18.4 Å². The molecule has 1 atom stereocenters. The maximum atomic E-state index is 8.91. The van der Waals surface area contributed by atoms with Gasteiger partial charge in [0.15, 0.2) is 0 Å². The molecular formula is C13H11ClN2O. The van der Waals surface area contributed by atoms with Gasteiger partial charge in [0, 0.05) is 23.2 Å². The molecule has 0 aliphatic carbocycles. The molecule has 1 aromatic carbocycles. The number of hydrogen-bond donors (Lipinski definition) is 0. The van der Waals surface area contributed by atoms with E-state index in [-0.39, 0.29) is 5.92 Å². The van der Waals surface area contributed by atoms with Gasteiger partial charge < -0.3 is 4.74 Å². The van der Waals surface area contributed by atoms with Crippen molar-refractivity contribution in [1.82, 2.24) is 4.98 Å². The first kappa shape index (κ1) is 11.7. The molecule has 1 unspecified atom stereocenters. The van der Waals surface area contributed by atoms with Gasteiger partial charge in [0.05, 0.1) is 29.6 Å². The van der Waals surface area contributed by atoms with E-state index in [2.05, 4.69) is 11.1 Å². The van der Waals surface area contributed by atoms with Crippen LogP contribution in [0.25, 0.3) is 10.9 Å². The third-order valence-corrected chi connectivity index (χ3v) is 3.12. The summed E-state index contributed by atoms with van der Waals surface area (Å²) in [6.07, 6.45) is 1.65. The third kappa shape index (κ3) is 2.04. The fraction of sp³-hybridized carbons (Fsp3) is 0.231. The van der Waals surface area contributed by atoms with Crippen molar-refractivity contribution in [2.24, 2.45) is 0 Å². The minimum Gasteiger partial charge on any atom is -0.497 e. The SMILES string of the molecule is COc1ccc2c(Cl)c(C(C)C#N)cnc2c1. The average Bonchev–Trinajstić information content (AvgIpc) is 2.38. The van der Waals surface area contributed by atoms with Gasteiger partial charge in [-0.2, -0.15) is 5.26 Å². The van der Waals surface area contributed by atoms with E-state index in [0.29, 0.717) is 5.02 Å². The average molecular weight is 247 g/mol. The van der Waals surface area contributed by atoms with Crippen molar-refractivity contribution in [3.05, 3.63) is 35.0 Å². The zero-order chi connectivity index (χ0) is 12.4. The van der Waals surface area contributed by atoms with Gasteiger partial charge in [0.2, 0.25) is 0 Å². The molecule has 1 heterocycles. The molecule has 0 aliphatic rings. The summed E-state index contributed by atoms with van der Waals surface area (Å²) in [5.41, 5.74) is 1.52. The number of hydrogen-bond acceptors (Lipinski definition) is 3. The van der Waals surface area contributed by atoms with Crippen LogP contribution in [0.5, 0.6) is 5.75 Å². The maximum Gasteiger partial charge on any atom is 0.121 e. The number of aromatic nitrogens is 1. The highest BCUT2D eigenvalue weighted by Gasteiger charge is 2.12. The molecule has 4 heteroatoms. The molecule has 2 aromatic rings. The highest BCUT2D eigenvalue weighted by molar-refractivity contribution is 6.36. The molecule has 0 spiro atoms. The van der Waals surface area contributed by atoms with Crippen molar-refractivity contribution in [3.8, 4) is 11.8 Å². The lowest BCUT2D eigenvalue weighted by Crippen LogP contribution is -1.94. The zero-order valence-corrected chi connectivity index (χ0v) is 10.3. The van der Waals surface area contributed by atoms with Gasteiger partial charge in [-0.15, -0.1) is 0 Å².